The van der Waals surface area contributed by atoms with Crippen LogP contribution < -0.4 is 16.4 Å². The molecule has 1 aliphatic heterocycles. The molecule has 0 aliphatic carbocycles. The number of unbranched alkanes of at least 4 members (excludes halogenated alkanes) is 9. The first-order valence-corrected chi connectivity index (χ1v) is 13.3. The minimum absolute atomic E-state index is 0.00591. The van der Waals surface area contributed by atoms with Crippen LogP contribution in [0.3, 0.4) is 0 Å². The van der Waals surface area contributed by atoms with E-state index in [4.69, 9.17) is 5.73 Å². The maximum atomic E-state index is 12.2. The van der Waals surface area contributed by atoms with E-state index in [9.17, 15) is 9.59 Å². The van der Waals surface area contributed by atoms with Crippen molar-refractivity contribution in [3.05, 3.63) is 11.9 Å². The smallest absolute Gasteiger partial charge is 0.241 e. The number of aromatic nitrogens is 3. The molecule has 2 rings (SSSR count). The Hall–Kier alpha value is -1.80. The second-order valence-electron chi connectivity index (χ2n) is 9.43. The van der Waals surface area contributed by atoms with Crippen molar-refractivity contribution in [3.8, 4) is 0 Å². The van der Waals surface area contributed by atoms with Gasteiger partial charge in [0, 0.05) is 25.1 Å². The lowest BCUT2D eigenvalue weighted by molar-refractivity contribution is -0.124. The Morgan fingerprint density at radius 2 is 1.64 bits per heavy atom. The van der Waals surface area contributed by atoms with Crippen LogP contribution in [-0.2, 0) is 22.6 Å². The highest BCUT2D eigenvalue weighted by Crippen LogP contribution is 2.17. The van der Waals surface area contributed by atoms with Gasteiger partial charge in [0.1, 0.15) is 12.3 Å². The van der Waals surface area contributed by atoms with Gasteiger partial charge in [0.15, 0.2) is 0 Å². The van der Waals surface area contributed by atoms with Crippen LogP contribution >= 0.6 is 0 Å². The van der Waals surface area contributed by atoms with Gasteiger partial charge < -0.3 is 16.4 Å². The highest BCUT2D eigenvalue weighted by molar-refractivity contribution is 5.81. The van der Waals surface area contributed by atoms with Gasteiger partial charge in [-0.3, -0.25) is 9.59 Å². The van der Waals surface area contributed by atoms with Crippen molar-refractivity contribution >= 4 is 11.7 Å². The number of nitrogens with one attached hydrogen (secondary N) is 2. The molecule has 0 aromatic carbocycles. The molecule has 0 radical (unpaired) electrons. The Morgan fingerprint density at radius 3 is 2.36 bits per heavy atom. The summed E-state index contributed by atoms with van der Waals surface area (Å²) >= 11 is 0. The maximum absolute atomic E-state index is 12.2. The number of rotatable bonds is 19. The van der Waals surface area contributed by atoms with Gasteiger partial charge in [-0.2, -0.15) is 0 Å². The molecule has 8 heteroatoms. The molecule has 1 saturated heterocycles. The molecule has 33 heavy (non-hydrogen) atoms. The molecular formula is C25H46N6O2. The molecule has 8 nitrogen and oxygen atoms in total. The number of ketones is 1. The quantitative estimate of drug-likeness (QED) is 0.272. The monoisotopic (exact) mass is 462 g/mol. The molecule has 0 saturated carbocycles. The second kappa shape index (κ2) is 17.6. The number of aryl methyl sites for hydroxylation is 1. The maximum Gasteiger partial charge on any atom is 0.241 e. The first-order valence-electron chi connectivity index (χ1n) is 13.3. The number of nitrogens with two attached hydrogens (primary N) is 1. The molecule has 0 spiro atoms. The lowest BCUT2D eigenvalue weighted by atomic mass is 9.90. The number of hydrogen-bond acceptors (Lipinski definition) is 6. The number of carbonyl (C=O) groups excluding carboxylic acids is 2. The Labute approximate surface area is 199 Å². The molecule has 1 aromatic rings. The van der Waals surface area contributed by atoms with Gasteiger partial charge >= 0.3 is 0 Å². The van der Waals surface area contributed by atoms with Crippen molar-refractivity contribution in [2.75, 3.05) is 26.2 Å². The lowest BCUT2D eigenvalue weighted by Gasteiger charge is -2.21. The van der Waals surface area contributed by atoms with E-state index in [0.29, 0.717) is 11.7 Å². The minimum atomic E-state index is -0.00591. The van der Waals surface area contributed by atoms with Crippen molar-refractivity contribution in [1.29, 1.82) is 0 Å². The molecule has 0 bridgehead atoms. The summed E-state index contributed by atoms with van der Waals surface area (Å²) in [4.78, 5) is 24.2. The van der Waals surface area contributed by atoms with E-state index in [2.05, 4.69) is 20.9 Å². The van der Waals surface area contributed by atoms with E-state index >= 15 is 0 Å². The van der Waals surface area contributed by atoms with Crippen LogP contribution in [0.1, 0.15) is 95.6 Å². The molecule has 4 N–H and O–H groups in total. The van der Waals surface area contributed by atoms with Crippen molar-refractivity contribution in [2.24, 2.45) is 11.7 Å². The highest BCUT2D eigenvalue weighted by Gasteiger charge is 2.19. The fourth-order valence-electron chi connectivity index (χ4n) is 4.42. The van der Waals surface area contributed by atoms with Crippen LogP contribution in [-0.4, -0.2) is 52.9 Å². The van der Waals surface area contributed by atoms with Gasteiger partial charge in [0.2, 0.25) is 5.91 Å². The zero-order chi connectivity index (χ0) is 23.6. The highest BCUT2D eigenvalue weighted by atomic mass is 16.2. The van der Waals surface area contributed by atoms with Crippen LogP contribution in [0.25, 0.3) is 0 Å². The summed E-state index contributed by atoms with van der Waals surface area (Å²) in [6.45, 7) is 3.68. The fourth-order valence-corrected chi connectivity index (χ4v) is 4.42. The summed E-state index contributed by atoms with van der Waals surface area (Å²) in [5, 5.41) is 14.5. The Kier molecular flexibility index (Phi) is 14.7. The molecule has 1 aromatic heterocycles. The molecule has 188 valence electrons. The Morgan fingerprint density at radius 1 is 0.970 bits per heavy atom. The molecule has 1 aliphatic rings. The van der Waals surface area contributed by atoms with E-state index < -0.39 is 0 Å². The first kappa shape index (κ1) is 27.4. The molecule has 0 atom stereocenters. The predicted octanol–water partition coefficient (Wildman–Crippen LogP) is 3.15. The SMILES string of the molecule is NCCCCCc1cn(CC(=O)NCCCCCCCCCCC(=O)C2CCNCC2)nn1. The molecule has 2 heterocycles. The summed E-state index contributed by atoms with van der Waals surface area (Å²) < 4.78 is 1.62. The summed E-state index contributed by atoms with van der Waals surface area (Å²) in [5.41, 5.74) is 6.44. The minimum Gasteiger partial charge on any atom is -0.354 e. The number of Topliss-reactive ketones (excluding diaryl/α,β-unsaturated/α-hetero) is 1. The first-order chi connectivity index (χ1) is 16.2. The number of carbonyl (C=O) groups is 2. The predicted molar refractivity (Wildman–Crippen MR) is 132 cm³/mol. The van der Waals surface area contributed by atoms with Crippen LogP contribution in [0.4, 0.5) is 0 Å². The topological polar surface area (TPSA) is 115 Å². The third-order valence-electron chi connectivity index (χ3n) is 6.50. The van der Waals surface area contributed by atoms with E-state index in [-0.39, 0.29) is 12.5 Å². The van der Waals surface area contributed by atoms with Gasteiger partial charge in [0.05, 0.1) is 5.69 Å². The summed E-state index contributed by atoms with van der Waals surface area (Å²) in [5.74, 6) is 0.798. The molecular weight excluding hydrogens is 416 g/mol. The van der Waals surface area contributed by atoms with E-state index in [1.165, 1.54) is 32.1 Å². The Bertz CT molecular complexity index is 657. The average molecular weight is 463 g/mol. The van der Waals surface area contributed by atoms with Crippen molar-refractivity contribution in [3.63, 3.8) is 0 Å². The molecule has 1 fully saturated rings. The van der Waals surface area contributed by atoms with Crippen molar-refractivity contribution in [2.45, 2.75) is 103 Å². The summed E-state index contributed by atoms with van der Waals surface area (Å²) in [6.07, 6.45) is 18.1. The van der Waals surface area contributed by atoms with Gasteiger partial charge in [-0.15, -0.1) is 5.10 Å². The Balaban J connectivity index is 1.37. The second-order valence-corrected chi connectivity index (χ2v) is 9.43. The van der Waals surface area contributed by atoms with Gasteiger partial charge in [0.25, 0.3) is 0 Å². The van der Waals surface area contributed by atoms with Crippen LogP contribution in [0.15, 0.2) is 6.20 Å². The number of amides is 1. The zero-order valence-corrected chi connectivity index (χ0v) is 20.5. The van der Waals surface area contributed by atoms with Crippen LogP contribution in [0, 0.1) is 5.92 Å². The number of piperidine rings is 1. The average Bonchev–Trinajstić information content (AvgIpc) is 3.27. The fraction of sp³-hybridized carbons (Fsp3) is 0.840. The van der Waals surface area contributed by atoms with E-state index in [1.54, 1.807) is 4.68 Å². The van der Waals surface area contributed by atoms with Gasteiger partial charge in [-0.25, -0.2) is 4.68 Å². The number of hydrogen-bond donors (Lipinski definition) is 3. The number of nitrogens with zero attached hydrogens (tertiary/aromatic N) is 3. The van der Waals surface area contributed by atoms with Crippen LogP contribution in [0.2, 0.25) is 0 Å². The standard InChI is InChI=1S/C25H46N6O2/c26-16-10-7-8-12-23-20-31(30-29-23)21-25(33)28-17-11-6-4-2-1-3-5-9-13-24(32)22-14-18-27-19-15-22/h20,22,27H,1-19,21,26H2,(H,28,33). The lowest BCUT2D eigenvalue weighted by Crippen LogP contribution is -2.31. The van der Waals surface area contributed by atoms with Crippen molar-refractivity contribution < 1.29 is 9.59 Å². The van der Waals surface area contributed by atoms with Crippen molar-refractivity contribution in [1.82, 2.24) is 25.6 Å². The third-order valence-corrected chi connectivity index (χ3v) is 6.50. The van der Waals surface area contributed by atoms with Gasteiger partial charge in [-0.1, -0.05) is 50.2 Å². The third kappa shape index (κ3) is 12.9. The van der Waals surface area contributed by atoms with Crippen LogP contribution in [0.5, 0.6) is 0 Å². The molecule has 1 amide bonds. The van der Waals surface area contributed by atoms with Gasteiger partial charge in [-0.05, 0) is 64.6 Å². The summed E-state index contributed by atoms with van der Waals surface area (Å²) in [6, 6.07) is 0. The normalized spacial score (nSPS) is 14.5. The van der Waals surface area contributed by atoms with E-state index in [0.717, 1.165) is 96.1 Å². The molecule has 0 unspecified atom stereocenters. The zero-order valence-electron chi connectivity index (χ0n) is 20.5. The largest absolute Gasteiger partial charge is 0.354 e. The van der Waals surface area contributed by atoms with E-state index in [1.807, 2.05) is 6.20 Å². The summed E-state index contributed by atoms with van der Waals surface area (Å²) in [7, 11) is 0.